The summed E-state index contributed by atoms with van der Waals surface area (Å²) in [7, 11) is -4.53. The van der Waals surface area contributed by atoms with Crippen LogP contribution in [0.1, 0.15) is 0 Å². The van der Waals surface area contributed by atoms with Crippen LogP contribution in [0.2, 0.25) is 0 Å². The molecule has 0 spiro atoms. The molecule has 0 fully saturated rings. The van der Waals surface area contributed by atoms with Gasteiger partial charge in [-0.1, -0.05) is 36.4 Å². The van der Waals surface area contributed by atoms with Crippen molar-refractivity contribution in [1.82, 2.24) is 0 Å². The fourth-order valence-electron chi connectivity index (χ4n) is 3.22. The van der Waals surface area contributed by atoms with E-state index in [1.54, 1.807) is 24.3 Å². The molecule has 0 heterocycles. The first kappa shape index (κ1) is 24.5. The van der Waals surface area contributed by atoms with Crippen LogP contribution >= 0.6 is 0 Å². The fraction of sp³-hybridized carbons (Fsp3) is 0. The molecule has 0 saturated heterocycles. The molecule has 4 aromatic carbocycles. The molecule has 0 aromatic heterocycles. The van der Waals surface area contributed by atoms with E-state index in [-0.39, 0.29) is 51.2 Å². The number of nitro groups is 1. The number of nitrogens with one attached hydrogen (secondary N) is 1. The Hall–Kier alpha value is -3.15. The van der Waals surface area contributed by atoms with Gasteiger partial charge in [-0.05, 0) is 36.4 Å². The van der Waals surface area contributed by atoms with Gasteiger partial charge in [0, 0.05) is 63.8 Å². The monoisotopic (exact) mass is 471 g/mol. The number of nitro benzene ring substituents is 1. The molecule has 0 bridgehead atoms. The van der Waals surface area contributed by atoms with E-state index >= 15 is 0 Å². The van der Waals surface area contributed by atoms with Crippen LogP contribution in [0.25, 0.3) is 10.8 Å². The van der Waals surface area contributed by atoms with Crippen molar-refractivity contribution in [1.29, 1.82) is 0 Å². The Bertz CT molecular complexity index is 1460. The van der Waals surface area contributed by atoms with Crippen molar-refractivity contribution in [3.8, 4) is 0 Å². The predicted octanol–water partition coefficient (Wildman–Crippen LogP) is 5.77. The summed E-state index contributed by atoms with van der Waals surface area (Å²) in [6.07, 6.45) is 0. The van der Waals surface area contributed by atoms with Crippen molar-refractivity contribution in [2.75, 3.05) is 5.32 Å². The SMILES string of the molecule is O=[N+]([O-])c1cccc(N=Nc2ccc(Nc3ccccc3)c3c(S(=O)(=O)O)cccc23)c1.[Na]. The summed E-state index contributed by atoms with van der Waals surface area (Å²) in [6.45, 7) is 0. The predicted molar refractivity (Wildman–Crippen MR) is 127 cm³/mol. The number of benzene rings is 4. The second-order valence-electron chi connectivity index (χ2n) is 6.75. The maximum atomic E-state index is 12.1. The van der Waals surface area contributed by atoms with Gasteiger partial charge in [-0.2, -0.15) is 13.5 Å². The van der Waals surface area contributed by atoms with Crippen LogP contribution in [0.15, 0.2) is 100 Å². The molecule has 0 aliphatic rings. The fourth-order valence-corrected chi connectivity index (χ4v) is 3.95. The van der Waals surface area contributed by atoms with Crippen LogP contribution in [0.4, 0.5) is 28.4 Å². The molecule has 33 heavy (non-hydrogen) atoms. The third kappa shape index (κ3) is 5.62. The molecule has 0 unspecified atom stereocenters. The molecule has 4 rings (SSSR count). The Morgan fingerprint density at radius 1 is 0.879 bits per heavy atom. The zero-order valence-corrected chi connectivity index (χ0v) is 20.2. The van der Waals surface area contributed by atoms with Crippen molar-refractivity contribution in [3.05, 3.63) is 95.0 Å². The molecule has 2 N–H and O–H groups in total. The zero-order chi connectivity index (χ0) is 22.7. The number of para-hydroxylation sites is 1. The summed E-state index contributed by atoms with van der Waals surface area (Å²) in [5, 5.41) is 23.0. The van der Waals surface area contributed by atoms with Gasteiger partial charge < -0.3 is 5.32 Å². The van der Waals surface area contributed by atoms with Crippen LogP contribution in [-0.2, 0) is 10.1 Å². The minimum absolute atomic E-state index is 0. The summed E-state index contributed by atoms with van der Waals surface area (Å²) in [4.78, 5) is 10.2. The Morgan fingerprint density at radius 3 is 2.30 bits per heavy atom. The molecule has 0 amide bonds. The van der Waals surface area contributed by atoms with Gasteiger partial charge in [0.25, 0.3) is 15.8 Å². The van der Waals surface area contributed by atoms with Gasteiger partial charge in [-0.25, -0.2) is 0 Å². The average molecular weight is 471 g/mol. The van der Waals surface area contributed by atoms with E-state index in [0.717, 1.165) is 5.69 Å². The normalized spacial score (nSPS) is 11.3. The third-order valence-electron chi connectivity index (χ3n) is 4.62. The van der Waals surface area contributed by atoms with Crippen molar-refractivity contribution in [3.63, 3.8) is 0 Å². The molecule has 0 aliphatic heterocycles. The average Bonchev–Trinajstić information content (AvgIpc) is 2.78. The Morgan fingerprint density at radius 2 is 1.61 bits per heavy atom. The van der Waals surface area contributed by atoms with Crippen LogP contribution in [0.5, 0.6) is 0 Å². The maximum Gasteiger partial charge on any atom is 0.295 e. The van der Waals surface area contributed by atoms with E-state index in [1.807, 2.05) is 30.3 Å². The minimum Gasteiger partial charge on any atom is -0.355 e. The van der Waals surface area contributed by atoms with Gasteiger partial charge >= 0.3 is 0 Å². The van der Waals surface area contributed by atoms with E-state index in [4.69, 9.17) is 0 Å². The van der Waals surface area contributed by atoms with Gasteiger partial charge in [0.15, 0.2) is 0 Å². The van der Waals surface area contributed by atoms with Crippen molar-refractivity contribution >= 4 is 78.9 Å². The minimum atomic E-state index is -4.53. The van der Waals surface area contributed by atoms with Gasteiger partial charge in [-0.3, -0.25) is 14.7 Å². The third-order valence-corrected chi connectivity index (χ3v) is 5.52. The molecule has 1 radical (unpaired) electrons. The summed E-state index contributed by atoms with van der Waals surface area (Å²) in [5.41, 5.74) is 1.65. The first-order valence-electron chi connectivity index (χ1n) is 9.34. The molecule has 9 nitrogen and oxygen atoms in total. The number of hydrogen-bond donors (Lipinski definition) is 2. The largest absolute Gasteiger partial charge is 0.355 e. The van der Waals surface area contributed by atoms with Gasteiger partial charge in [-0.15, -0.1) is 5.11 Å². The number of azo groups is 1. The number of anilines is 2. The first-order valence-corrected chi connectivity index (χ1v) is 10.8. The van der Waals surface area contributed by atoms with Crippen molar-refractivity contribution in [2.24, 2.45) is 10.2 Å². The topological polar surface area (TPSA) is 134 Å². The Kier molecular flexibility index (Phi) is 7.57. The number of fused-ring (bicyclic) bond motifs is 1. The van der Waals surface area contributed by atoms with Crippen molar-refractivity contribution < 1.29 is 17.9 Å². The zero-order valence-electron chi connectivity index (χ0n) is 17.4. The number of rotatable bonds is 6. The number of non-ortho nitro benzene ring substituents is 1. The van der Waals surface area contributed by atoms with E-state index < -0.39 is 15.0 Å². The molecular weight excluding hydrogens is 455 g/mol. The van der Waals surface area contributed by atoms with Gasteiger partial charge in [0.1, 0.15) is 4.90 Å². The molecule has 0 saturated carbocycles. The summed E-state index contributed by atoms with van der Waals surface area (Å²) in [6, 6.07) is 22.5. The van der Waals surface area contributed by atoms with Crippen LogP contribution in [-0.4, -0.2) is 47.5 Å². The first-order chi connectivity index (χ1) is 15.3. The number of nitrogens with zero attached hydrogens (tertiary/aromatic N) is 3. The van der Waals surface area contributed by atoms with E-state index in [9.17, 15) is 23.1 Å². The molecule has 0 aliphatic carbocycles. The summed E-state index contributed by atoms with van der Waals surface area (Å²) < 4.78 is 33.9. The van der Waals surface area contributed by atoms with E-state index in [0.29, 0.717) is 16.8 Å². The molecule has 161 valence electrons. The van der Waals surface area contributed by atoms with Crippen LogP contribution in [0.3, 0.4) is 0 Å². The Labute approximate surface area is 211 Å². The Balaban J connectivity index is 0.00000306. The summed E-state index contributed by atoms with van der Waals surface area (Å²) >= 11 is 0. The summed E-state index contributed by atoms with van der Waals surface area (Å²) in [5.74, 6) is 0. The van der Waals surface area contributed by atoms with Crippen LogP contribution < -0.4 is 5.32 Å². The van der Waals surface area contributed by atoms with E-state index in [2.05, 4.69) is 15.5 Å². The molecule has 11 heteroatoms. The quantitative estimate of drug-likeness (QED) is 0.120. The number of hydrogen-bond acceptors (Lipinski definition) is 7. The van der Waals surface area contributed by atoms with Gasteiger partial charge in [0.05, 0.1) is 16.3 Å². The standard InChI is InChI=1S/C22H16N4O5S.Na/c27-26(28)17-9-4-8-16(14-17)24-25-19-12-13-20(23-15-6-2-1-3-7-15)22-18(19)10-5-11-21(22)32(29,30)31;/h1-14,23H,(H,29,30,31);. The second-order valence-corrected chi connectivity index (χ2v) is 8.14. The van der Waals surface area contributed by atoms with Crippen LogP contribution in [0, 0.1) is 10.1 Å². The van der Waals surface area contributed by atoms with Crippen molar-refractivity contribution in [2.45, 2.75) is 4.90 Å². The maximum absolute atomic E-state index is 12.1. The molecule has 0 atom stereocenters. The van der Waals surface area contributed by atoms with E-state index in [1.165, 1.54) is 30.3 Å². The molecular formula is C22H16N4NaO5S. The van der Waals surface area contributed by atoms with Gasteiger partial charge in [0.2, 0.25) is 0 Å². The second kappa shape index (κ2) is 10.2. The molecule has 4 aromatic rings. The smallest absolute Gasteiger partial charge is 0.295 e.